The van der Waals surface area contributed by atoms with Crippen LogP contribution in [0, 0.1) is 5.82 Å². The molecular formula is C15H11BrClFO. The van der Waals surface area contributed by atoms with Gasteiger partial charge < -0.3 is 4.74 Å². The molecule has 0 saturated heterocycles. The summed E-state index contributed by atoms with van der Waals surface area (Å²) in [5.74, 6) is -0.306. The van der Waals surface area contributed by atoms with E-state index in [1.54, 1.807) is 18.2 Å². The molecule has 0 radical (unpaired) electrons. The van der Waals surface area contributed by atoms with Gasteiger partial charge in [-0.15, -0.1) is 11.6 Å². The van der Waals surface area contributed by atoms with Gasteiger partial charge in [-0.1, -0.05) is 30.3 Å². The number of benzene rings is 2. The van der Waals surface area contributed by atoms with Crippen LogP contribution in [-0.4, -0.2) is 0 Å². The van der Waals surface area contributed by atoms with Crippen LogP contribution in [0.3, 0.4) is 0 Å². The maximum atomic E-state index is 14.1. The highest BCUT2D eigenvalue weighted by Gasteiger charge is 2.19. The standard InChI is InChI=1S/C15H11BrClFO/c16-13-3-1-2-12(15(13)18)14(17)9-4-5-10-7-19-8-11(10)6-9/h1-6,14H,7-8H2. The minimum Gasteiger partial charge on any atom is -0.372 e. The van der Waals surface area contributed by atoms with Crippen LogP contribution in [0.1, 0.15) is 27.6 Å². The van der Waals surface area contributed by atoms with E-state index in [4.69, 9.17) is 16.3 Å². The van der Waals surface area contributed by atoms with Gasteiger partial charge in [-0.25, -0.2) is 4.39 Å². The Hall–Kier alpha value is -0.900. The molecule has 3 rings (SSSR count). The van der Waals surface area contributed by atoms with Crippen molar-refractivity contribution in [3.8, 4) is 0 Å². The summed E-state index contributed by atoms with van der Waals surface area (Å²) in [6, 6.07) is 11.1. The molecule has 19 heavy (non-hydrogen) atoms. The van der Waals surface area contributed by atoms with E-state index in [-0.39, 0.29) is 5.82 Å². The molecule has 1 unspecified atom stereocenters. The Bertz CT molecular complexity index is 630. The van der Waals surface area contributed by atoms with Crippen LogP contribution in [0.15, 0.2) is 40.9 Å². The zero-order valence-electron chi connectivity index (χ0n) is 10.00. The third-order valence-electron chi connectivity index (χ3n) is 3.29. The first kappa shape index (κ1) is 13.1. The summed E-state index contributed by atoms with van der Waals surface area (Å²) in [7, 11) is 0. The van der Waals surface area contributed by atoms with E-state index in [1.807, 2.05) is 18.2 Å². The Kier molecular flexibility index (Phi) is 3.61. The first-order valence-electron chi connectivity index (χ1n) is 5.94. The van der Waals surface area contributed by atoms with Gasteiger partial charge in [0.2, 0.25) is 0 Å². The van der Waals surface area contributed by atoms with Crippen LogP contribution >= 0.6 is 27.5 Å². The number of hydrogen-bond donors (Lipinski definition) is 0. The predicted molar refractivity (Wildman–Crippen MR) is 76.7 cm³/mol. The van der Waals surface area contributed by atoms with E-state index >= 15 is 0 Å². The molecule has 1 atom stereocenters. The minimum absolute atomic E-state index is 0.306. The minimum atomic E-state index is -0.497. The SMILES string of the molecule is Fc1c(Br)cccc1C(Cl)c1ccc2c(c1)COC2. The van der Waals surface area contributed by atoms with Crippen LogP contribution in [0.4, 0.5) is 4.39 Å². The molecule has 0 saturated carbocycles. The van der Waals surface area contributed by atoms with Gasteiger partial charge >= 0.3 is 0 Å². The summed E-state index contributed by atoms with van der Waals surface area (Å²) in [5, 5.41) is -0.497. The smallest absolute Gasteiger partial charge is 0.142 e. The third-order valence-corrected chi connectivity index (χ3v) is 4.39. The van der Waals surface area contributed by atoms with Gasteiger partial charge in [0, 0.05) is 5.56 Å². The fraction of sp³-hybridized carbons (Fsp3) is 0.200. The lowest BCUT2D eigenvalue weighted by Gasteiger charge is -2.13. The zero-order valence-corrected chi connectivity index (χ0v) is 12.3. The van der Waals surface area contributed by atoms with Crippen molar-refractivity contribution < 1.29 is 9.13 Å². The van der Waals surface area contributed by atoms with Gasteiger partial charge in [0.25, 0.3) is 0 Å². The molecule has 1 aliphatic heterocycles. The molecule has 1 aliphatic rings. The fourth-order valence-corrected chi connectivity index (χ4v) is 2.93. The molecule has 0 amide bonds. The van der Waals surface area contributed by atoms with Crippen LogP contribution < -0.4 is 0 Å². The molecule has 4 heteroatoms. The maximum Gasteiger partial charge on any atom is 0.142 e. The normalized spacial score (nSPS) is 15.3. The van der Waals surface area contributed by atoms with Gasteiger partial charge in [0.1, 0.15) is 5.82 Å². The Morgan fingerprint density at radius 1 is 1.16 bits per heavy atom. The molecule has 1 nitrogen and oxygen atoms in total. The van der Waals surface area contributed by atoms with Crippen LogP contribution in [0.5, 0.6) is 0 Å². The third kappa shape index (κ3) is 2.42. The van der Waals surface area contributed by atoms with E-state index in [9.17, 15) is 4.39 Å². The summed E-state index contributed by atoms with van der Waals surface area (Å²) in [6.07, 6.45) is 0. The van der Waals surface area contributed by atoms with Crippen LogP contribution in [0.25, 0.3) is 0 Å². The first-order chi connectivity index (χ1) is 9.16. The van der Waals surface area contributed by atoms with Gasteiger partial charge in [-0.2, -0.15) is 0 Å². The highest BCUT2D eigenvalue weighted by atomic mass is 79.9. The van der Waals surface area contributed by atoms with E-state index < -0.39 is 5.38 Å². The van der Waals surface area contributed by atoms with E-state index in [0.29, 0.717) is 23.2 Å². The van der Waals surface area contributed by atoms with Gasteiger partial charge in [0.15, 0.2) is 0 Å². The van der Waals surface area contributed by atoms with E-state index in [1.165, 1.54) is 5.56 Å². The van der Waals surface area contributed by atoms with Crippen molar-refractivity contribution >= 4 is 27.5 Å². The number of alkyl halides is 1. The van der Waals surface area contributed by atoms with Crippen molar-refractivity contribution in [1.82, 2.24) is 0 Å². The van der Waals surface area contributed by atoms with Gasteiger partial charge in [0.05, 0.1) is 23.1 Å². The largest absolute Gasteiger partial charge is 0.372 e. The molecule has 0 fully saturated rings. The molecule has 1 heterocycles. The molecule has 2 aromatic carbocycles. The highest BCUT2D eigenvalue weighted by molar-refractivity contribution is 9.10. The topological polar surface area (TPSA) is 9.23 Å². The number of ether oxygens (including phenoxy) is 1. The van der Waals surface area contributed by atoms with Gasteiger partial charge in [-0.3, -0.25) is 0 Å². The second-order valence-corrected chi connectivity index (χ2v) is 5.82. The molecule has 0 bridgehead atoms. The quantitative estimate of drug-likeness (QED) is 0.703. The number of halogens is 3. The Balaban J connectivity index is 2.00. The lowest BCUT2D eigenvalue weighted by molar-refractivity contribution is 0.134. The van der Waals surface area contributed by atoms with Crippen molar-refractivity contribution in [3.05, 3.63) is 68.9 Å². The average Bonchev–Trinajstić information content (AvgIpc) is 2.88. The molecule has 0 aromatic heterocycles. The first-order valence-corrected chi connectivity index (χ1v) is 7.17. The number of rotatable bonds is 2. The number of fused-ring (bicyclic) bond motifs is 1. The summed E-state index contributed by atoms with van der Waals surface area (Å²) < 4.78 is 19.9. The molecular weight excluding hydrogens is 331 g/mol. The van der Waals surface area contributed by atoms with Crippen molar-refractivity contribution in [1.29, 1.82) is 0 Å². The molecule has 98 valence electrons. The fourth-order valence-electron chi connectivity index (χ4n) is 2.25. The zero-order chi connectivity index (χ0) is 13.4. The van der Waals surface area contributed by atoms with Crippen LogP contribution in [-0.2, 0) is 18.0 Å². The Morgan fingerprint density at radius 3 is 2.79 bits per heavy atom. The lowest BCUT2D eigenvalue weighted by Crippen LogP contribution is -1.99. The number of hydrogen-bond acceptors (Lipinski definition) is 1. The predicted octanol–water partition coefficient (Wildman–Crippen LogP) is 4.95. The highest BCUT2D eigenvalue weighted by Crippen LogP contribution is 2.34. The Labute approximate surface area is 124 Å². The summed E-state index contributed by atoms with van der Waals surface area (Å²) in [6.45, 7) is 1.25. The van der Waals surface area contributed by atoms with E-state index in [2.05, 4.69) is 15.9 Å². The average molecular weight is 342 g/mol. The van der Waals surface area contributed by atoms with Crippen molar-refractivity contribution in [2.75, 3.05) is 0 Å². The molecule has 2 aromatic rings. The van der Waals surface area contributed by atoms with Crippen LogP contribution in [0.2, 0.25) is 0 Å². The van der Waals surface area contributed by atoms with Crippen molar-refractivity contribution in [3.63, 3.8) is 0 Å². The Morgan fingerprint density at radius 2 is 1.95 bits per heavy atom. The molecule has 0 aliphatic carbocycles. The van der Waals surface area contributed by atoms with Crippen molar-refractivity contribution in [2.24, 2.45) is 0 Å². The molecule has 0 N–H and O–H groups in total. The van der Waals surface area contributed by atoms with Crippen molar-refractivity contribution in [2.45, 2.75) is 18.6 Å². The molecule has 0 spiro atoms. The summed E-state index contributed by atoms with van der Waals surface area (Å²) in [4.78, 5) is 0. The summed E-state index contributed by atoms with van der Waals surface area (Å²) in [5.41, 5.74) is 3.69. The second-order valence-electron chi connectivity index (χ2n) is 4.53. The van der Waals surface area contributed by atoms with E-state index in [0.717, 1.165) is 11.1 Å². The maximum absolute atomic E-state index is 14.1. The lowest BCUT2D eigenvalue weighted by atomic mass is 10.00. The van der Waals surface area contributed by atoms with Gasteiger partial charge in [-0.05, 0) is 38.7 Å². The second kappa shape index (κ2) is 5.23. The monoisotopic (exact) mass is 340 g/mol. The summed E-state index contributed by atoms with van der Waals surface area (Å²) >= 11 is 9.59.